The van der Waals surface area contributed by atoms with Crippen molar-refractivity contribution in [1.29, 1.82) is 0 Å². The van der Waals surface area contributed by atoms with Crippen LogP contribution in [0.2, 0.25) is 0 Å². The van der Waals surface area contributed by atoms with E-state index in [4.69, 9.17) is 4.74 Å². The number of pyridine rings is 1. The van der Waals surface area contributed by atoms with Crippen molar-refractivity contribution in [2.75, 3.05) is 6.61 Å². The maximum absolute atomic E-state index is 12.8. The number of aromatic nitrogens is 1. The summed E-state index contributed by atoms with van der Waals surface area (Å²) in [5.74, 6) is 0.615. The number of halogens is 1. The summed E-state index contributed by atoms with van der Waals surface area (Å²) in [7, 11) is 0. The van der Waals surface area contributed by atoms with Crippen LogP contribution in [0.4, 0.5) is 4.39 Å². The molecule has 0 spiro atoms. The Kier molecular flexibility index (Phi) is 4.32. The van der Waals surface area contributed by atoms with Gasteiger partial charge in [0, 0.05) is 24.4 Å². The molecule has 1 aromatic carbocycles. The third-order valence-electron chi connectivity index (χ3n) is 3.53. The largest absolute Gasteiger partial charge is 0.477 e. The summed E-state index contributed by atoms with van der Waals surface area (Å²) in [6.45, 7) is 1.01. The predicted molar refractivity (Wildman–Crippen MR) is 80.0 cm³/mol. The van der Waals surface area contributed by atoms with Gasteiger partial charge in [-0.3, -0.25) is 4.79 Å². The third kappa shape index (κ3) is 4.04. The Morgan fingerprint density at radius 1 is 1.27 bits per heavy atom. The van der Waals surface area contributed by atoms with Gasteiger partial charge in [-0.25, -0.2) is 9.37 Å². The molecule has 0 atom stereocenters. The quantitative estimate of drug-likeness (QED) is 0.892. The van der Waals surface area contributed by atoms with Gasteiger partial charge in [-0.05, 0) is 42.5 Å². The Morgan fingerprint density at radius 2 is 2.05 bits per heavy atom. The van der Waals surface area contributed by atoms with Crippen LogP contribution in [-0.2, 0) is 6.54 Å². The van der Waals surface area contributed by atoms with Crippen molar-refractivity contribution >= 4 is 5.91 Å². The van der Waals surface area contributed by atoms with E-state index in [1.165, 1.54) is 25.0 Å². The van der Waals surface area contributed by atoms with E-state index in [1.54, 1.807) is 30.5 Å². The van der Waals surface area contributed by atoms with Gasteiger partial charge < -0.3 is 10.1 Å². The summed E-state index contributed by atoms with van der Waals surface area (Å²) in [6.07, 6.45) is 3.98. The van der Waals surface area contributed by atoms with E-state index in [0.717, 1.165) is 5.56 Å². The van der Waals surface area contributed by atoms with Crippen molar-refractivity contribution in [3.05, 3.63) is 59.5 Å². The molecule has 0 aliphatic heterocycles. The van der Waals surface area contributed by atoms with Gasteiger partial charge in [-0.15, -0.1) is 0 Å². The molecule has 0 radical (unpaired) electrons. The Morgan fingerprint density at radius 3 is 2.77 bits per heavy atom. The zero-order valence-electron chi connectivity index (χ0n) is 12.1. The molecule has 1 fully saturated rings. The van der Waals surface area contributed by atoms with Gasteiger partial charge in [0.25, 0.3) is 5.91 Å². The first kappa shape index (κ1) is 14.5. The molecule has 1 saturated carbocycles. The highest BCUT2D eigenvalue weighted by Gasteiger charge is 2.22. The minimum Gasteiger partial charge on any atom is -0.477 e. The molecule has 2 aromatic rings. The topological polar surface area (TPSA) is 51.2 Å². The van der Waals surface area contributed by atoms with E-state index in [2.05, 4.69) is 10.3 Å². The molecule has 1 aliphatic carbocycles. The second-order valence-electron chi connectivity index (χ2n) is 5.45. The van der Waals surface area contributed by atoms with E-state index in [9.17, 15) is 9.18 Å². The first-order valence-corrected chi connectivity index (χ1v) is 7.32. The second-order valence-corrected chi connectivity index (χ2v) is 5.45. The molecule has 1 aromatic heterocycles. The van der Waals surface area contributed by atoms with Crippen LogP contribution in [0.15, 0.2) is 42.6 Å². The molecule has 3 rings (SSSR count). The van der Waals surface area contributed by atoms with E-state index in [-0.39, 0.29) is 11.7 Å². The molecular weight excluding hydrogens is 283 g/mol. The van der Waals surface area contributed by atoms with Gasteiger partial charge in [0.2, 0.25) is 5.88 Å². The molecule has 1 amide bonds. The Hall–Kier alpha value is -2.43. The van der Waals surface area contributed by atoms with Crippen LogP contribution in [0.25, 0.3) is 0 Å². The van der Waals surface area contributed by atoms with Crippen molar-refractivity contribution in [1.82, 2.24) is 10.3 Å². The van der Waals surface area contributed by atoms with Crippen molar-refractivity contribution in [2.24, 2.45) is 5.92 Å². The molecule has 0 unspecified atom stereocenters. The average molecular weight is 300 g/mol. The van der Waals surface area contributed by atoms with E-state index < -0.39 is 0 Å². The number of hydrogen-bond donors (Lipinski definition) is 1. The van der Waals surface area contributed by atoms with Crippen molar-refractivity contribution in [2.45, 2.75) is 19.4 Å². The zero-order chi connectivity index (χ0) is 15.4. The normalized spacial score (nSPS) is 13.7. The lowest BCUT2D eigenvalue weighted by molar-refractivity contribution is 0.0950. The van der Waals surface area contributed by atoms with Crippen molar-refractivity contribution in [3.8, 4) is 5.88 Å². The van der Waals surface area contributed by atoms with Crippen LogP contribution >= 0.6 is 0 Å². The Labute approximate surface area is 128 Å². The van der Waals surface area contributed by atoms with Gasteiger partial charge in [0.15, 0.2) is 0 Å². The fourth-order valence-corrected chi connectivity index (χ4v) is 2.00. The number of nitrogens with zero attached hydrogens (tertiary/aromatic N) is 1. The number of amides is 1. The molecule has 0 saturated heterocycles. The fraction of sp³-hybridized carbons (Fsp3) is 0.294. The standard InChI is InChI=1S/C17H17FN2O2/c18-15-5-3-12(4-6-15)10-20-17(21)14-7-8-19-16(9-14)22-11-13-1-2-13/h3-9,13H,1-2,10-11H2,(H,20,21). The summed E-state index contributed by atoms with van der Waals surface area (Å²) in [5, 5.41) is 2.79. The smallest absolute Gasteiger partial charge is 0.251 e. The summed E-state index contributed by atoms with van der Waals surface area (Å²) >= 11 is 0. The molecule has 22 heavy (non-hydrogen) atoms. The number of ether oxygens (including phenoxy) is 1. The number of benzene rings is 1. The number of carbonyl (C=O) groups excluding carboxylic acids is 1. The van der Waals surface area contributed by atoms with Gasteiger partial charge in [-0.2, -0.15) is 0 Å². The molecular formula is C17H17FN2O2. The van der Waals surface area contributed by atoms with Crippen molar-refractivity contribution in [3.63, 3.8) is 0 Å². The second kappa shape index (κ2) is 6.56. The van der Waals surface area contributed by atoms with Crippen LogP contribution in [0.1, 0.15) is 28.8 Å². The zero-order valence-corrected chi connectivity index (χ0v) is 12.1. The summed E-state index contributed by atoms with van der Waals surface area (Å²) < 4.78 is 18.4. The van der Waals surface area contributed by atoms with Crippen LogP contribution in [0.5, 0.6) is 5.88 Å². The van der Waals surface area contributed by atoms with Gasteiger partial charge in [-0.1, -0.05) is 12.1 Å². The highest BCUT2D eigenvalue weighted by atomic mass is 19.1. The molecule has 114 valence electrons. The highest BCUT2D eigenvalue weighted by molar-refractivity contribution is 5.94. The first-order valence-electron chi connectivity index (χ1n) is 7.32. The summed E-state index contributed by atoms with van der Waals surface area (Å²) in [5.41, 5.74) is 1.34. The maximum Gasteiger partial charge on any atom is 0.251 e. The Bertz CT molecular complexity index is 654. The van der Waals surface area contributed by atoms with Crippen LogP contribution < -0.4 is 10.1 Å². The van der Waals surface area contributed by atoms with Gasteiger partial charge >= 0.3 is 0 Å². The summed E-state index contributed by atoms with van der Waals surface area (Å²) in [4.78, 5) is 16.2. The molecule has 4 nitrogen and oxygen atoms in total. The third-order valence-corrected chi connectivity index (χ3v) is 3.53. The van der Waals surface area contributed by atoms with Crippen LogP contribution in [0, 0.1) is 11.7 Å². The van der Waals surface area contributed by atoms with E-state index in [1.807, 2.05) is 0 Å². The van der Waals surface area contributed by atoms with E-state index >= 15 is 0 Å². The van der Waals surface area contributed by atoms with Gasteiger partial charge in [0.1, 0.15) is 5.82 Å². The molecule has 0 bridgehead atoms. The number of rotatable bonds is 6. The highest BCUT2D eigenvalue weighted by Crippen LogP contribution is 2.29. The van der Waals surface area contributed by atoms with Crippen LogP contribution in [-0.4, -0.2) is 17.5 Å². The van der Waals surface area contributed by atoms with Gasteiger partial charge in [0.05, 0.1) is 6.61 Å². The molecule has 1 heterocycles. The SMILES string of the molecule is O=C(NCc1ccc(F)cc1)c1ccnc(OCC2CC2)c1. The predicted octanol–water partition coefficient (Wildman–Crippen LogP) is 2.94. The minimum absolute atomic E-state index is 0.206. The lowest BCUT2D eigenvalue weighted by atomic mass is 10.2. The minimum atomic E-state index is -0.290. The number of carbonyl (C=O) groups is 1. The average Bonchev–Trinajstić information content (AvgIpc) is 3.37. The molecule has 5 heteroatoms. The molecule has 1 N–H and O–H groups in total. The lowest BCUT2D eigenvalue weighted by Crippen LogP contribution is -2.22. The fourth-order valence-electron chi connectivity index (χ4n) is 2.00. The van der Waals surface area contributed by atoms with E-state index in [0.29, 0.717) is 30.5 Å². The number of hydrogen-bond acceptors (Lipinski definition) is 3. The first-order chi connectivity index (χ1) is 10.7. The summed E-state index contributed by atoms with van der Waals surface area (Å²) in [6, 6.07) is 9.32. The number of nitrogens with one attached hydrogen (secondary N) is 1. The molecule has 1 aliphatic rings. The Balaban J connectivity index is 1.56. The van der Waals surface area contributed by atoms with Crippen molar-refractivity contribution < 1.29 is 13.9 Å². The van der Waals surface area contributed by atoms with Crippen LogP contribution in [0.3, 0.4) is 0 Å². The lowest BCUT2D eigenvalue weighted by Gasteiger charge is -2.08. The monoisotopic (exact) mass is 300 g/mol. The maximum atomic E-state index is 12.8.